The average molecular weight is 285 g/mol. The summed E-state index contributed by atoms with van der Waals surface area (Å²) in [6.45, 7) is 3.93. The first kappa shape index (κ1) is 15.5. The molecule has 0 heterocycles. The van der Waals surface area contributed by atoms with Crippen molar-refractivity contribution in [2.24, 2.45) is 5.73 Å². The molecule has 1 aromatic rings. The quantitative estimate of drug-likeness (QED) is 0.685. The zero-order valence-corrected chi connectivity index (χ0v) is 11.8. The van der Waals surface area contributed by atoms with Crippen molar-refractivity contribution in [2.45, 2.75) is 31.2 Å². The minimum Gasteiger partial charge on any atom is -0.374 e. The third kappa shape index (κ3) is 4.53. The summed E-state index contributed by atoms with van der Waals surface area (Å²) in [6.07, 6.45) is 0.731. The molecular formula is C12H19N3O3S. The fourth-order valence-electron chi connectivity index (χ4n) is 1.37. The van der Waals surface area contributed by atoms with Crippen LogP contribution in [-0.4, -0.2) is 26.9 Å². The summed E-state index contributed by atoms with van der Waals surface area (Å²) >= 11 is 0. The van der Waals surface area contributed by atoms with E-state index in [2.05, 4.69) is 10.0 Å². The highest BCUT2D eigenvalue weighted by molar-refractivity contribution is 7.89. The lowest BCUT2D eigenvalue weighted by atomic mass is 10.2. The van der Waals surface area contributed by atoms with Gasteiger partial charge in [-0.15, -0.1) is 0 Å². The van der Waals surface area contributed by atoms with Crippen molar-refractivity contribution in [3.05, 3.63) is 24.3 Å². The fourth-order valence-corrected chi connectivity index (χ4v) is 2.51. The van der Waals surface area contributed by atoms with E-state index >= 15 is 0 Å². The maximum atomic E-state index is 11.8. The molecule has 19 heavy (non-hydrogen) atoms. The van der Waals surface area contributed by atoms with Gasteiger partial charge in [0.05, 0.1) is 4.90 Å². The molecule has 0 saturated carbocycles. The largest absolute Gasteiger partial charge is 0.374 e. The maximum Gasteiger partial charge on any atom is 0.240 e. The van der Waals surface area contributed by atoms with Crippen molar-refractivity contribution < 1.29 is 13.2 Å². The monoisotopic (exact) mass is 285 g/mol. The van der Waals surface area contributed by atoms with Crippen LogP contribution >= 0.6 is 0 Å². The third-order valence-electron chi connectivity index (χ3n) is 2.52. The molecule has 7 heteroatoms. The first-order valence-electron chi connectivity index (χ1n) is 6.02. The molecule has 106 valence electrons. The van der Waals surface area contributed by atoms with Crippen LogP contribution in [0, 0.1) is 0 Å². The van der Waals surface area contributed by atoms with Crippen LogP contribution in [0.15, 0.2) is 29.2 Å². The van der Waals surface area contributed by atoms with Crippen molar-refractivity contribution >= 4 is 21.6 Å². The summed E-state index contributed by atoms with van der Waals surface area (Å²) in [6, 6.07) is 5.64. The van der Waals surface area contributed by atoms with E-state index < -0.39 is 22.0 Å². The number of sulfonamides is 1. The predicted octanol–water partition coefficient (Wildman–Crippen LogP) is 0.661. The molecule has 0 radical (unpaired) electrons. The number of nitrogens with one attached hydrogen (secondary N) is 2. The second kappa shape index (κ2) is 6.53. The number of nitrogens with two attached hydrogens (primary N) is 1. The summed E-state index contributed by atoms with van der Waals surface area (Å²) in [5.41, 5.74) is 5.77. The Balaban J connectivity index is 2.79. The lowest BCUT2D eigenvalue weighted by Crippen LogP contribution is -2.32. The van der Waals surface area contributed by atoms with Gasteiger partial charge in [0.1, 0.15) is 6.04 Å². The Labute approximate surface area is 113 Å². The summed E-state index contributed by atoms with van der Waals surface area (Å²) < 4.78 is 26.1. The summed E-state index contributed by atoms with van der Waals surface area (Å²) in [5, 5.41) is 2.87. The SMILES string of the molecule is CCCNS(=O)(=O)c1ccc(NC(C)C(N)=O)cc1. The molecule has 1 unspecified atom stereocenters. The minimum absolute atomic E-state index is 0.193. The first-order valence-corrected chi connectivity index (χ1v) is 7.50. The molecule has 0 fully saturated rings. The Hall–Kier alpha value is -1.60. The highest BCUT2D eigenvalue weighted by Gasteiger charge is 2.13. The Bertz CT molecular complexity index is 526. The van der Waals surface area contributed by atoms with Crippen LogP contribution in [0.25, 0.3) is 0 Å². The standard InChI is InChI=1S/C12H19N3O3S/c1-3-8-14-19(17,18)11-6-4-10(5-7-11)15-9(2)12(13)16/h4-7,9,14-15H,3,8H2,1-2H3,(H2,13,16). The molecule has 1 atom stereocenters. The molecule has 0 aromatic heterocycles. The molecule has 0 aliphatic rings. The van der Waals surface area contributed by atoms with Crippen molar-refractivity contribution in [2.75, 3.05) is 11.9 Å². The Morgan fingerprint density at radius 2 is 1.89 bits per heavy atom. The van der Waals surface area contributed by atoms with E-state index in [0.29, 0.717) is 12.2 Å². The second-order valence-corrected chi connectivity index (χ2v) is 5.96. The molecular weight excluding hydrogens is 266 g/mol. The van der Waals surface area contributed by atoms with Gasteiger partial charge >= 0.3 is 0 Å². The lowest BCUT2D eigenvalue weighted by molar-refractivity contribution is -0.118. The van der Waals surface area contributed by atoms with E-state index in [0.717, 1.165) is 6.42 Å². The molecule has 1 rings (SSSR count). The smallest absolute Gasteiger partial charge is 0.240 e. The summed E-state index contributed by atoms with van der Waals surface area (Å²) in [5.74, 6) is -0.471. The number of carbonyl (C=O) groups is 1. The van der Waals surface area contributed by atoms with Crippen LogP contribution in [0.2, 0.25) is 0 Å². The van der Waals surface area contributed by atoms with E-state index in [-0.39, 0.29) is 4.90 Å². The van der Waals surface area contributed by atoms with E-state index in [1.807, 2.05) is 6.92 Å². The normalized spacial score (nSPS) is 12.9. The van der Waals surface area contributed by atoms with Gasteiger partial charge in [0.25, 0.3) is 0 Å². The Morgan fingerprint density at radius 3 is 2.37 bits per heavy atom. The molecule has 1 aromatic carbocycles. The van der Waals surface area contributed by atoms with Gasteiger partial charge in [-0.05, 0) is 37.6 Å². The molecule has 0 spiro atoms. The maximum absolute atomic E-state index is 11.8. The molecule has 6 nitrogen and oxygen atoms in total. The van der Waals surface area contributed by atoms with E-state index in [9.17, 15) is 13.2 Å². The van der Waals surface area contributed by atoms with Crippen LogP contribution in [0.4, 0.5) is 5.69 Å². The number of hydrogen-bond donors (Lipinski definition) is 3. The molecule has 0 saturated heterocycles. The molecule has 0 aliphatic heterocycles. The average Bonchev–Trinajstić information content (AvgIpc) is 2.37. The number of rotatable bonds is 7. The zero-order valence-electron chi connectivity index (χ0n) is 11.0. The van der Waals surface area contributed by atoms with Gasteiger partial charge in [-0.1, -0.05) is 6.92 Å². The van der Waals surface area contributed by atoms with Crippen molar-refractivity contribution in [3.8, 4) is 0 Å². The summed E-state index contributed by atoms with van der Waals surface area (Å²) in [4.78, 5) is 11.1. The van der Waals surface area contributed by atoms with Gasteiger partial charge in [0.15, 0.2) is 0 Å². The lowest BCUT2D eigenvalue weighted by Gasteiger charge is -2.12. The number of primary amides is 1. The fraction of sp³-hybridized carbons (Fsp3) is 0.417. The van der Waals surface area contributed by atoms with Crippen molar-refractivity contribution in [1.82, 2.24) is 4.72 Å². The van der Waals surface area contributed by atoms with Gasteiger partial charge in [0.2, 0.25) is 15.9 Å². The van der Waals surface area contributed by atoms with Crippen LogP contribution < -0.4 is 15.8 Å². The van der Waals surface area contributed by atoms with E-state index in [1.165, 1.54) is 12.1 Å². The number of hydrogen-bond acceptors (Lipinski definition) is 4. The highest BCUT2D eigenvalue weighted by atomic mass is 32.2. The first-order chi connectivity index (χ1) is 8.86. The highest BCUT2D eigenvalue weighted by Crippen LogP contribution is 2.14. The Morgan fingerprint density at radius 1 is 1.32 bits per heavy atom. The van der Waals surface area contributed by atoms with Crippen LogP contribution in [0.5, 0.6) is 0 Å². The molecule has 4 N–H and O–H groups in total. The van der Waals surface area contributed by atoms with Crippen LogP contribution in [0.1, 0.15) is 20.3 Å². The van der Waals surface area contributed by atoms with Crippen molar-refractivity contribution in [3.63, 3.8) is 0 Å². The minimum atomic E-state index is -3.45. The molecule has 0 aliphatic carbocycles. The summed E-state index contributed by atoms with van der Waals surface area (Å²) in [7, 11) is -3.45. The predicted molar refractivity (Wildman–Crippen MR) is 74.2 cm³/mol. The topological polar surface area (TPSA) is 101 Å². The van der Waals surface area contributed by atoms with Gasteiger partial charge in [-0.2, -0.15) is 0 Å². The van der Waals surface area contributed by atoms with E-state index in [4.69, 9.17) is 5.73 Å². The number of carbonyl (C=O) groups excluding carboxylic acids is 1. The number of anilines is 1. The van der Waals surface area contributed by atoms with Gasteiger partial charge in [0, 0.05) is 12.2 Å². The third-order valence-corrected chi connectivity index (χ3v) is 3.99. The Kier molecular flexibility index (Phi) is 5.31. The number of benzene rings is 1. The van der Waals surface area contributed by atoms with E-state index in [1.54, 1.807) is 19.1 Å². The van der Waals surface area contributed by atoms with Gasteiger partial charge in [-0.3, -0.25) is 4.79 Å². The van der Waals surface area contributed by atoms with Crippen LogP contribution in [-0.2, 0) is 14.8 Å². The van der Waals surface area contributed by atoms with Crippen LogP contribution in [0.3, 0.4) is 0 Å². The second-order valence-electron chi connectivity index (χ2n) is 4.19. The van der Waals surface area contributed by atoms with Gasteiger partial charge < -0.3 is 11.1 Å². The number of amides is 1. The zero-order chi connectivity index (χ0) is 14.5. The van der Waals surface area contributed by atoms with Crippen molar-refractivity contribution in [1.29, 1.82) is 0 Å². The van der Waals surface area contributed by atoms with Gasteiger partial charge in [-0.25, -0.2) is 13.1 Å². The molecule has 0 bridgehead atoms. The molecule has 1 amide bonds.